The molecular weight excluding hydrogens is 259 g/mol. The Labute approximate surface area is 95.0 Å². The fraction of sp³-hybridized carbons (Fsp3) is 0.200. The maximum Gasteiger partial charge on any atom is 0.398 e. The first-order chi connectivity index (χ1) is 7.70. The topological polar surface area (TPSA) is 37.3 Å². The van der Waals surface area contributed by atoms with Gasteiger partial charge >= 0.3 is 6.18 Å². The molecular formula is C10H9F4O2P. The van der Waals surface area contributed by atoms with E-state index in [2.05, 4.69) is 0 Å². The van der Waals surface area contributed by atoms with Gasteiger partial charge in [-0.05, 0) is 12.1 Å². The summed E-state index contributed by atoms with van der Waals surface area (Å²) >= 11 is 0. The standard InChI is InChI=1S/C10H9F4O2P/c11-9-4-2-1-3-8(9)5-6-17(15,16)7-10(12,13)14/h1-6H,7H2,(H,15,16). The van der Waals surface area contributed by atoms with E-state index in [0.29, 0.717) is 5.82 Å². The first kappa shape index (κ1) is 13.9. The van der Waals surface area contributed by atoms with E-state index in [0.717, 1.165) is 12.1 Å². The summed E-state index contributed by atoms with van der Waals surface area (Å²) in [5.74, 6) is -0.172. The van der Waals surface area contributed by atoms with Crippen LogP contribution in [0.3, 0.4) is 0 Å². The summed E-state index contributed by atoms with van der Waals surface area (Å²) in [6.45, 7) is 0. The fourth-order valence-electron chi connectivity index (χ4n) is 1.12. The van der Waals surface area contributed by atoms with Crippen molar-refractivity contribution < 1.29 is 27.0 Å². The highest BCUT2D eigenvalue weighted by Gasteiger charge is 2.36. The predicted octanol–water partition coefficient (Wildman–Crippen LogP) is 3.63. The summed E-state index contributed by atoms with van der Waals surface area (Å²) in [6.07, 6.45) is -5.67. The first-order valence-corrected chi connectivity index (χ1v) is 6.43. The number of alkyl halides is 3. The summed E-state index contributed by atoms with van der Waals surface area (Å²) in [5, 5.41) is 0. The second-order valence-electron chi connectivity index (χ2n) is 3.37. The molecule has 0 saturated heterocycles. The van der Waals surface area contributed by atoms with Gasteiger partial charge in [0, 0.05) is 11.4 Å². The molecule has 0 spiro atoms. The molecule has 0 aliphatic rings. The average molecular weight is 268 g/mol. The van der Waals surface area contributed by atoms with Crippen LogP contribution in [0.5, 0.6) is 0 Å². The van der Waals surface area contributed by atoms with E-state index in [4.69, 9.17) is 4.89 Å². The van der Waals surface area contributed by atoms with Gasteiger partial charge in [-0.25, -0.2) is 4.39 Å². The largest absolute Gasteiger partial charge is 0.398 e. The van der Waals surface area contributed by atoms with E-state index in [9.17, 15) is 22.1 Å². The van der Waals surface area contributed by atoms with Crippen molar-refractivity contribution in [1.29, 1.82) is 0 Å². The summed E-state index contributed by atoms with van der Waals surface area (Å²) in [6, 6.07) is 5.26. The molecule has 0 amide bonds. The molecule has 0 aliphatic carbocycles. The van der Waals surface area contributed by atoms with Gasteiger partial charge in [-0.3, -0.25) is 4.57 Å². The van der Waals surface area contributed by atoms with Gasteiger partial charge in [0.2, 0.25) is 7.37 Å². The molecule has 0 radical (unpaired) electrons. The van der Waals surface area contributed by atoms with Crippen LogP contribution in [0.2, 0.25) is 0 Å². The van der Waals surface area contributed by atoms with E-state index >= 15 is 0 Å². The maximum atomic E-state index is 13.1. The molecule has 1 rings (SSSR count). The van der Waals surface area contributed by atoms with Crippen LogP contribution in [0.4, 0.5) is 17.6 Å². The Bertz CT molecular complexity index is 468. The van der Waals surface area contributed by atoms with Crippen LogP contribution in [0, 0.1) is 5.82 Å². The van der Waals surface area contributed by atoms with Crippen LogP contribution in [0.1, 0.15) is 5.56 Å². The Kier molecular flexibility index (Phi) is 4.11. The zero-order valence-corrected chi connectivity index (χ0v) is 9.38. The molecule has 1 unspecified atom stereocenters. The summed E-state index contributed by atoms with van der Waals surface area (Å²) in [7, 11) is -4.47. The lowest BCUT2D eigenvalue weighted by Crippen LogP contribution is -2.13. The predicted molar refractivity (Wildman–Crippen MR) is 56.2 cm³/mol. The number of hydrogen-bond donors (Lipinski definition) is 1. The van der Waals surface area contributed by atoms with E-state index in [1.165, 1.54) is 18.2 Å². The molecule has 1 aromatic carbocycles. The Balaban J connectivity index is 2.84. The van der Waals surface area contributed by atoms with Crippen LogP contribution in [-0.2, 0) is 4.57 Å². The second kappa shape index (κ2) is 5.02. The van der Waals surface area contributed by atoms with Crippen LogP contribution < -0.4 is 0 Å². The Hall–Kier alpha value is -1.13. The van der Waals surface area contributed by atoms with Gasteiger partial charge in [0.15, 0.2) is 0 Å². The molecule has 0 aromatic heterocycles. The van der Waals surface area contributed by atoms with E-state index in [1.54, 1.807) is 0 Å². The van der Waals surface area contributed by atoms with Crippen LogP contribution >= 0.6 is 7.37 Å². The highest BCUT2D eigenvalue weighted by molar-refractivity contribution is 7.61. The van der Waals surface area contributed by atoms with Crippen molar-refractivity contribution in [2.45, 2.75) is 6.18 Å². The van der Waals surface area contributed by atoms with Gasteiger partial charge in [-0.2, -0.15) is 13.2 Å². The Morgan fingerprint density at radius 1 is 1.29 bits per heavy atom. The van der Waals surface area contributed by atoms with E-state index in [-0.39, 0.29) is 5.56 Å². The van der Waals surface area contributed by atoms with Crippen molar-refractivity contribution in [2.75, 3.05) is 6.16 Å². The average Bonchev–Trinajstić information content (AvgIpc) is 2.13. The lowest BCUT2D eigenvalue weighted by Gasteiger charge is -2.09. The van der Waals surface area contributed by atoms with Gasteiger partial charge < -0.3 is 4.89 Å². The molecule has 0 fully saturated rings. The van der Waals surface area contributed by atoms with Crippen molar-refractivity contribution in [3.8, 4) is 0 Å². The first-order valence-electron chi connectivity index (χ1n) is 4.52. The zero-order valence-electron chi connectivity index (χ0n) is 8.49. The van der Waals surface area contributed by atoms with E-state index in [1.807, 2.05) is 0 Å². The van der Waals surface area contributed by atoms with Gasteiger partial charge in [-0.15, -0.1) is 0 Å². The molecule has 7 heteroatoms. The number of halogens is 4. The molecule has 0 saturated carbocycles. The minimum atomic E-state index is -4.73. The Morgan fingerprint density at radius 3 is 2.41 bits per heavy atom. The number of rotatable bonds is 3. The third-order valence-electron chi connectivity index (χ3n) is 1.80. The molecule has 1 aromatic rings. The molecule has 1 N–H and O–H groups in total. The molecule has 0 bridgehead atoms. The normalized spacial score (nSPS) is 16.1. The molecule has 0 heterocycles. The van der Waals surface area contributed by atoms with Gasteiger partial charge in [0.1, 0.15) is 12.0 Å². The summed E-state index contributed by atoms with van der Waals surface area (Å²) in [5.41, 5.74) is -0.0380. The van der Waals surface area contributed by atoms with Gasteiger partial charge in [0.25, 0.3) is 0 Å². The quantitative estimate of drug-likeness (QED) is 0.671. The summed E-state index contributed by atoms with van der Waals surface area (Å²) in [4.78, 5) is 9.03. The molecule has 17 heavy (non-hydrogen) atoms. The molecule has 0 aliphatic heterocycles. The van der Waals surface area contributed by atoms with Gasteiger partial charge in [0.05, 0.1) is 0 Å². The molecule has 2 nitrogen and oxygen atoms in total. The third kappa shape index (κ3) is 5.15. The monoisotopic (exact) mass is 268 g/mol. The smallest absolute Gasteiger partial charge is 0.341 e. The maximum absolute atomic E-state index is 13.1. The third-order valence-corrected chi connectivity index (χ3v) is 3.22. The SMILES string of the molecule is O=P(O)(C=Cc1ccccc1F)CC(F)(F)F. The minimum absolute atomic E-state index is 0.0380. The molecule has 1 atom stereocenters. The minimum Gasteiger partial charge on any atom is -0.341 e. The van der Waals surface area contributed by atoms with Crippen molar-refractivity contribution in [3.63, 3.8) is 0 Å². The summed E-state index contributed by atoms with van der Waals surface area (Å²) < 4.78 is 59.9. The van der Waals surface area contributed by atoms with Crippen molar-refractivity contribution in [2.24, 2.45) is 0 Å². The van der Waals surface area contributed by atoms with Crippen molar-refractivity contribution in [3.05, 3.63) is 41.5 Å². The van der Waals surface area contributed by atoms with Crippen LogP contribution in [0.15, 0.2) is 30.1 Å². The highest BCUT2D eigenvalue weighted by atomic mass is 31.2. The van der Waals surface area contributed by atoms with E-state index < -0.39 is 25.5 Å². The fourth-order valence-corrected chi connectivity index (χ4v) is 2.13. The van der Waals surface area contributed by atoms with Crippen LogP contribution in [0.25, 0.3) is 6.08 Å². The highest BCUT2D eigenvalue weighted by Crippen LogP contribution is 2.47. The lowest BCUT2D eigenvalue weighted by molar-refractivity contribution is -0.107. The van der Waals surface area contributed by atoms with Crippen molar-refractivity contribution >= 4 is 13.4 Å². The second-order valence-corrected chi connectivity index (χ2v) is 5.49. The van der Waals surface area contributed by atoms with Crippen LogP contribution in [-0.4, -0.2) is 17.2 Å². The van der Waals surface area contributed by atoms with Gasteiger partial charge in [-0.1, -0.05) is 18.2 Å². The van der Waals surface area contributed by atoms with Crippen molar-refractivity contribution in [1.82, 2.24) is 0 Å². The lowest BCUT2D eigenvalue weighted by atomic mass is 10.2. The number of hydrogen-bond acceptors (Lipinski definition) is 1. The number of benzene rings is 1. The Morgan fingerprint density at radius 2 is 1.88 bits per heavy atom. The zero-order chi connectivity index (χ0) is 13.1. The molecule has 94 valence electrons.